The number of halogens is 3. The molecule has 0 aromatic heterocycles. The zero-order valence-electron chi connectivity index (χ0n) is 21.7. The molecule has 4 nitrogen and oxygen atoms in total. The van der Waals surface area contributed by atoms with Crippen LogP contribution in [0.4, 0.5) is 5.69 Å². The van der Waals surface area contributed by atoms with E-state index < -0.39 is 19.5 Å². The van der Waals surface area contributed by atoms with Gasteiger partial charge in [0, 0.05) is 6.61 Å². The molecule has 2 aromatic rings. The first kappa shape index (κ1) is 32.5. The Morgan fingerprint density at radius 1 is 1.03 bits per heavy atom. The summed E-state index contributed by atoms with van der Waals surface area (Å²) in [6.07, 6.45) is 2.38. The van der Waals surface area contributed by atoms with Crippen LogP contribution in [0.25, 0.3) is 0 Å². The number of rotatable bonds is 6. The van der Waals surface area contributed by atoms with E-state index >= 15 is 0 Å². The third kappa shape index (κ3) is 12.5. The minimum atomic E-state index is -1.62. The Hall–Kier alpha value is -0.498. The third-order valence-electron chi connectivity index (χ3n) is 5.23. The van der Waals surface area contributed by atoms with Crippen LogP contribution in [0.5, 0.6) is 5.75 Å². The summed E-state index contributed by atoms with van der Waals surface area (Å²) in [7, 11) is 15.7. The molecule has 1 heterocycles. The molecule has 2 aromatic carbocycles. The topological polar surface area (TPSA) is 42.8 Å². The van der Waals surface area contributed by atoms with Crippen LogP contribution in [0, 0.1) is 20.5 Å². The molecule has 3 rings (SSSR count). The van der Waals surface area contributed by atoms with Gasteiger partial charge in [0.15, 0.2) is 5.84 Å². The third-order valence-corrected chi connectivity index (χ3v) is 8.25. The fourth-order valence-electron chi connectivity index (χ4n) is 3.60. The summed E-state index contributed by atoms with van der Waals surface area (Å²) in [4.78, 5) is 5.09. The van der Waals surface area contributed by atoms with Crippen molar-refractivity contribution in [3.05, 3.63) is 65.8 Å². The van der Waals surface area contributed by atoms with Crippen LogP contribution in [0.3, 0.4) is 0 Å². The Kier molecular flexibility index (Phi) is 16.6. The van der Waals surface area contributed by atoms with Gasteiger partial charge in [0.2, 0.25) is 0 Å². The molecular formula is C26H39Cl3CrN2O2P+. The van der Waals surface area contributed by atoms with Gasteiger partial charge in [0.1, 0.15) is 5.75 Å². The van der Waals surface area contributed by atoms with Crippen molar-refractivity contribution >= 4 is 49.7 Å². The molecule has 35 heavy (non-hydrogen) atoms. The average Bonchev–Trinajstić information content (AvgIpc) is 3.38. The second-order valence-corrected chi connectivity index (χ2v) is 18.4. The van der Waals surface area contributed by atoms with Gasteiger partial charge in [-0.05, 0) is 64.8 Å². The van der Waals surface area contributed by atoms with Crippen molar-refractivity contribution in [1.29, 1.82) is 0 Å². The van der Waals surface area contributed by atoms with E-state index in [4.69, 9.17) is 44.6 Å². The van der Waals surface area contributed by atoms with Crippen LogP contribution in [0.1, 0.15) is 57.2 Å². The van der Waals surface area contributed by atoms with Gasteiger partial charge >= 0.3 is 41.5 Å². The van der Waals surface area contributed by atoms with Crippen molar-refractivity contribution in [1.82, 2.24) is 5.09 Å². The fourth-order valence-corrected chi connectivity index (χ4v) is 5.97. The van der Waals surface area contributed by atoms with Crippen LogP contribution >= 0.6 is 38.2 Å². The molecule has 1 aliphatic heterocycles. The fraction of sp³-hybridized carbons (Fsp3) is 0.462. The van der Waals surface area contributed by atoms with Crippen LogP contribution in [-0.4, -0.2) is 30.9 Å². The number of nitrogens with one attached hydrogen (secondary N) is 1. The molecule has 0 atom stereocenters. The van der Waals surface area contributed by atoms with Crippen molar-refractivity contribution in [3.8, 4) is 5.75 Å². The summed E-state index contributed by atoms with van der Waals surface area (Å²) in [6.45, 7) is 16.2. The molecule has 0 aliphatic carbocycles. The van der Waals surface area contributed by atoms with Crippen LogP contribution in [-0.2, 0) is 16.1 Å². The van der Waals surface area contributed by atoms with E-state index in [0.717, 1.165) is 35.9 Å². The van der Waals surface area contributed by atoms with Crippen molar-refractivity contribution in [2.75, 3.05) is 13.7 Å². The molecule has 0 unspecified atom stereocenters. The van der Waals surface area contributed by atoms with Gasteiger partial charge < -0.3 is 9.47 Å². The van der Waals surface area contributed by atoms with E-state index in [2.05, 4.69) is 70.9 Å². The molecule has 1 saturated heterocycles. The molecule has 0 bridgehead atoms. The summed E-state index contributed by atoms with van der Waals surface area (Å²) in [6, 6.07) is 14.4. The van der Waals surface area contributed by atoms with E-state index in [0.29, 0.717) is 11.3 Å². The predicted octanol–water partition coefficient (Wildman–Crippen LogP) is 8.95. The van der Waals surface area contributed by atoms with E-state index in [1.165, 1.54) is 17.5 Å². The second-order valence-electron chi connectivity index (χ2n) is 8.65. The first-order valence-electron chi connectivity index (χ1n) is 11.7. The number of aliphatic imine (C=N–C) groups is 1. The van der Waals surface area contributed by atoms with E-state index in [9.17, 15) is 0 Å². The maximum atomic E-state index is 5.62. The maximum absolute atomic E-state index is 5.62. The Morgan fingerprint density at radius 2 is 1.60 bits per heavy atom. The van der Waals surface area contributed by atoms with Gasteiger partial charge in [-0.1, -0.05) is 36.8 Å². The molecule has 1 N–H and O–H groups in total. The van der Waals surface area contributed by atoms with Gasteiger partial charge in [-0.25, -0.2) is 16.7 Å². The summed E-state index contributed by atoms with van der Waals surface area (Å²) >= 11 is -1.62. The zero-order chi connectivity index (χ0) is 26.4. The minimum absolute atomic E-state index is 0.595. The van der Waals surface area contributed by atoms with Crippen LogP contribution in [0.15, 0.2) is 47.5 Å². The van der Waals surface area contributed by atoms with Gasteiger partial charge in [-0.3, -0.25) is 0 Å². The van der Waals surface area contributed by atoms with Gasteiger partial charge in [-0.15, -0.1) is 0 Å². The number of aryl methyl sites for hydroxylation is 2. The summed E-state index contributed by atoms with van der Waals surface area (Å²) < 4.78 is 10.4. The number of methoxy groups -OCH3 is 1. The summed E-state index contributed by atoms with van der Waals surface area (Å²) in [5.41, 5.74) is 5.61. The molecule has 0 spiro atoms. The Bertz CT molecular complexity index is 871. The molecule has 1 fully saturated rings. The molecular weight excluding hydrogens is 562 g/mol. The Balaban J connectivity index is 0.000000571. The van der Waals surface area contributed by atoms with Crippen LogP contribution in [0.2, 0.25) is 0 Å². The second kappa shape index (κ2) is 17.9. The molecule has 0 amide bonds. The molecule has 0 radical (unpaired) electrons. The van der Waals surface area contributed by atoms with E-state index in [1.807, 2.05) is 24.8 Å². The standard InChI is InChI=1S/C22H31N2OP.C4H7O.3ClH.Cr/c1-15(2)26(16(3)4)24-22(19-13-8-9-14-20(19)25-7)23-21-17(5)11-10-12-18(21)6;1-2-4-5-3-1;;;;/h8-16H,1-7H3,(H,23,24);3H,1-2,4H2;3*1H;/q;-1;;;;+4/p-2. The van der Waals surface area contributed by atoms with E-state index in [1.54, 1.807) is 7.11 Å². The first-order chi connectivity index (χ1) is 16.6. The predicted molar refractivity (Wildman–Crippen MR) is 154 cm³/mol. The number of hydrogen-bond acceptors (Lipinski definition) is 3. The number of hydrogen-bond donors (Lipinski definition) is 1. The zero-order valence-corrected chi connectivity index (χ0v) is 26.2. The van der Waals surface area contributed by atoms with Gasteiger partial charge in [0.05, 0.1) is 37.8 Å². The van der Waals surface area contributed by atoms with Crippen molar-refractivity contribution in [2.24, 2.45) is 4.99 Å². The average molecular weight is 601 g/mol. The Labute approximate surface area is 230 Å². The SMILES string of the molecule is COc1ccccc1C(=Nc1c(C)cccc1C)N[PH+](C(C)C)C(C)C.[CH-]1CCCO1.[Cl][Cr+]([Cl])[Cl]. The number of ether oxygens (including phenoxy) is 2. The number of amidine groups is 1. The van der Waals surface area contributed by atoms with Crippen molar-refractivity contribution < 1.29 is 20.9 Å². The van der Waals surface area contributed by atoms with Crippen molar-refractivity contribution in [2.45, 2.75) is 65.7 Å². The number of nitrogens with zero attached hydrogens (tertiary/aromatic N) is 1. The normalized spacial score (nSPS) is 13.5. The van der Waals surface area contributed by atoms with Crippen molar-refractivity contribution in [3.63, 3.8) is 0 Å². The van der Waals surface area contributed by atoms with E-state index in [-0.39, 0.29) is 0 Å². The first-order valence-corrected chi connectivity index (χ1v) is 18.6. The van der Waals surface area contributed by atoms with Gasteiger partial charge in [-0.2, -0.15) is 6.42 Å². The number of para-hydroxylation sites is 2. The molecule has 9 heteroatoms. The quantitative estimate of drug-likeness (QED) is 0.156. The number of benzene rings is 2. The molecule has 196 valence electrons. The summed E-state index contributed by atoms with van der Waals surface area (Å²) in [5, 5.41) is 3.82. The molecule has 0 saturated carbocycles. The Morgan fingerprint density at radius 3 is 2.03 bits per heavy atom. The van der Waals surface area contributed by atoms with Crippen LogP contribution < -0.4 is 9.82 Å². The monoisotopic (exact) mass is 599 g/mol. The van der Waals surface area contributed by atoms with Gasteiger partial charge in [0.25, 0.3) is 0 Å². The summed E-state index contributed by atoms with van der Waals surface area (Å²) in [5.74, 6) is 1.76. The molecule has 1 aliphatic rings.